The van der Waals surface area contributed by atoms with Gasteiger partial charge in [0.05, 0.1) is 12.8 Å². The molecule has 0 aliphatic rings. The van der Waals surface area contributed by atoms with Crippen molar-refractivity contribution in [1.82, 2.24) is 10.3 Å². The number of aromatic nitrogens is 1. The number of hydrogen-bond donors (Lipinski definition) is 1. The Morgan fingerprint density at radius 1 is 1.31 bits per heavy atom. The molecule has 0 atom stereocenters. The second kappa shape index (κ2) is 5.09. The van der Waals surface area contributed by atoms with Crippen LogP contribution in [0.2, 0.25) is 0 Å². The first-order valence-corrected chi connectivity index (χ1v) is 5.95. The van der Waals surface area contributed by atoms with Gasteiger partial charge in [0.1, 0.15) is 10.8 Å². The average molecular weight is 234 g/mol. The Bertz CT molecular complexity index is 450. The van der Waals surface area contributed by atoms with Crippen LogP contribution in [0.1, 0.15) is 5.69 Å². The minimum Gasteiger partial charge on any atom is -0.497 e. The molecule has 0 radical (unpaired) electrons. The van der Waals surface area contributed by atoms with Crippen LogP contribution < -0.4 is 10.1 Å². The van der Waals surface area contributed by atoms with Crippen LogP contribution in [0.3, 0.4) is 0 Å². The Balaban J connectivity index is 2.21. The van der Waals surface area contributed by atoms with Crippen molar-refractivity contribution in [2.45, 2.75) is 6.54 Å². The lowest BCUT2D eigenvalue weighted by Crippen LogP contribution is -2.04. The van der Waals surface area contributed by atoms with Crippen molar-refractivity contribution in [3.8, 4) is 16.3 Å². The summed E-state index contributed by atoms with van der Waals surface area (Å²) in [4.78, 5) is 4.54. The lowest BCUT2D eigenvalue weighted by atomic mass is 10.2. The van der Waals surface area contributed by atoms with E-state index in [1.165, 1.54) is 0 Å². The number of nitrogens with zero attached hydrogens (tertiary/aromatic N) is 1. The lowest BCUT2D eigenvalue weighted by molar-refractivity contribution is 0.415. The first-order chi connectivity index (χ1) is 7.83. The van der Waals surface area contributed by atoms with Crippen molar-refractivity contribution in [2.75, 3.05) is 14.2 Å². The average Bonchev–Trinajstić information content (AvgIpc) is 2.78. The van der Waals surface area contributed by atoms with Gasteiger partial charge in [-0.3, -0.25) is 0 Å². The number of benzene rings is 1. The summed E-state index contributed by atoms with van der Waals surface area (Å²) >= 11 is 1.66. The molecule has 2 rings (SSSR count). The van der Waals surface area contributed by atoms with E-state index in [1.807, 2.05) is 31.3 Å². The highest BCUT2D eigenvalue weighted by molar-refractivity contribution is 7.13. The van der Waals surface area contributed by atoms with Crippen molar-refractivity contribution in [3.05, 3.63) is 35.3 Å². The maximum Gasteiger partial charge on any atom is 0.123 e. The fourth-order valence-electron chi connectivity index (χ4n) is 1.44. The van der Waals surface area contributed by atoms with Gasteiger partial charge >= 0.3 is 0 Å². The SMILES string of the molecule is CNCc1csc(-c2ccc(OC)cc2)n1. The van der Waals surface area contributed by atoms with E-state index in [0.29, 0.717) is 0 Å². The van der Waals surface area contributed by atoms with Crippen LogP contribution >= 0.6 is 11.3 Å². The second-order valence-electron chi connectivity index (χ2n) is 3.40. The van der Waals surface area contributed by atoms with Gasteiger partial charge in [0, 0.05) is 17.5 Å². The molecule has 0 unspecified atom stereocenters. The molecule has 84 valence electrons. The van der Waals surface area contributed by atoms with Crippen molar-refractivity contribution in [1.29, 1.82) is 0 Å². The normalized spacial score (nSPS) is 10.4. The number of methoxy groups -OCH3 is 1. The highest BCUT2D eigenvalue weighted by atomic mass is 32.1. The molecule has 16 heavy (non-hydrogen) atoms. The summed E-state index contributed by atoms with van der Waals surface area (Å²) in [6.45, 7) is 0.812. The number of ether oxygens (including phenoxy) is 1. The molecule has 1 heterocycles. The summed E-state index contributed by atoms with van der Waals surface area (Å²) in [5, 5.41) is 6.22. The van der Waals surface area contributed by atoms with E-state index in [2.05, 4.69) is 15.7 Å². The predicted molar refractivity (Wildman–Crippen MR) is 66.9 cm³/mol. The van der Waals surface area contributed by atoms with E-state index >= 15 is 0 Å². The lowest BCUT2D eigenvalue weighted by Gasteiger charge is -2.00. The molecule has 0 aliphatic carbocycles. The van der Waals surface area contributed by atoms with Gasteiger partial charge in [0.2, 0.25) is 0 Å². The molecule has 3 nitrogen and oxygen atoms in total. The number of thiazole rings is 1. The molecule has 0 fully saturated rings. The topological polar surface area (TPSA) is 34.1 Å². The van der Waals surface area contributed by atoms with Gasteiger partial charge in [-0.1, -0.05) is 0 Å². The van der Waals surface area contributed by atoms with Crippen molar-refractivity contribution >= 4 is 11.3 Å². The third-order valence-electron chi connectivity index (χ3n) is 2.25. The van der Waals surface area contributed by atoms with Crippen LogP contribution in [0, 0.1) is 0 Å². The van der Waals surface area contributed by atoms with Gasteiger partial charge in [0.25, 0.3) is 0 Å². The molecule has 0 saturated carbocycles. The molecule has 1 aromatic heterocycles. The minimum atomic E-state index is 0.812. The molecule has 2 aromatic rings. The second-order valence-corrected chi connectivity index (χ2v) is 4.26. The van der Waals surface area contributed by atoms with Gasteiger partial charge in [-0.25, -0.2) is 4.98 Å². The van der Waals surface area contributed by atoms with Crippen LogP contribution in [0.4, 0.5) is 0 Å². The summed E-state index contributed by atoms with van der Waals surface area (Å²) in [7, 11) is 3.59. The fourth-order valence-corrected chi connectivity index (χ4v) is 2.26. The van der Waals surface area contributed by atoms with Crippen LogP contribution in [-0.4, -0.2) is 19.1 Å². The molecule has 4 heteroatoms. The summed E-state index contributed by atoms with van der Waals surface area (Å²) in [6, 6.07) is 7.96. The van der Waals surface area contributed by atoms with E-state index in [9.17, 15) is 0 Å². The van der Waals surface area contributed by atoms with Crippen LogP contribution in [0.5, 0.6) is 5.75 Å². The quantitative estimate of drug-likeness (QED) is 0.882. The maximum atomic E-state index is 5.12. The zero-order valence-electron chi connectivity index (χ0n) is 9.36. The zero-order valence-corrected chi connectivity index (χ0v) is 10.2. The molecule has 0 aliphatic heterocycles. The van der Waals surface area contributed by atoms with Gasteiger partial charge in [-0.15, -0.1) is 11.3 Å². The molecular weight excluding hydrogens is 220 g/mol. The first kappa shape index (κ1) is 11.1. The summed E-state index contributed by atoms with van der Waals surface area (Å²) in [5.74, 6) is 0.871. The van der Waals surface area contributed by atoms with E-state index in [0.717, 1.165) is 28.6 Å². The third kappa shape index (κ3) is 2.40. The molecule has 0 spiro atoms. The number of hydrogen-bond acceptors (Lipinski definition) is 4. The summed E-state index contributed by atoms with van der Waals surface area (Å²) < 4.78 is 5.12. The van der Waals surface area contributed by atoms with Crippen molar-refractivity contribution in [2.24, 2.45) is 0 Å². The fraction of sp³-hybridized carbons (Fsp3) is 0.250. The molecule has 0 amide bonds. The Labute approximate surface area is 99.1 Å². The van der Waals surface area contributed by atoms with Crippen LogP contribution in [0.25, 0.3) is 10.6 Å². The van der Waals surface area contributed by atoms with Crippen LogP contribution in [-0.2, 0) is 6.54 Å². The highest BCUT2D eigenvalue weighted by Gasteiger charge is 2.04. The Morgan fingerprint density at radius 2 is 2.06 bits per heavy atom. The maximum absolute atomic E-state index is 5.12. The number of rotatable bonds is 4. The van der Waals surface area contributed by atoms with Gasteiger partial charge < -0.3 is 10.1 Å². The third-order valence-corrected chi connectivity index (χ3v) is 3.19. The molecular formula is C12H14N2OS. The largest absolute Gasteiger partial charge is 0.497 e. The van der Waals surface area contributed by atoms with E-state index < -0.39 is 0 Å². The molecule has 0 saturated heterocycles. The van der Waals surface area contributed by atoms with E-state index in [-0.39, 0.29) is 0 Å². The minimum absolute atomic E-state index is 0.812. The Morgan fingerprint density at radius 3 is 2.69 bits per heavy atom. The number of nitrogens with one attached hydrogen (secondary N) is 1. The Kier molecular flexibility index (Phi) is 3.54. The van der Waals surface area contributed by atoms with Crippen molar-refractivity contribution in [3.63, 3.8) is 0 Å². The van der Waals surface area contributed by atoms with Crippen LogP contribution in [0.15, 0.2) is 29.6 Å². The summed E-state index contributed by atoms with van der Waals surface area (Å²) in [5.41, 5.74) is 2.21. The van der Waals surface area contributed by atoms with Gasteiger partial charge in [-0.05, 0) is 31.3 Å². The Hall–Kier alpha value is -1.39. The smallest absolute Gasteiger partial charge is 0.123 e. The van der Waals surface area contributed by atoms with E-state index in [4.69, 9.17) is 4.74 Å². The summed E-state index contributed by atoms with van der Waals surface area (Å²) in [6.07, 6.45) is 0. The highest BCUT2D eigenvalue weighted by Crippen LogP contribution is 2.25. The standard InChI is InChI=1S/C12H14N2OS/c1-13-7-10-8-16-12(14-10)9-3-5-11(15-2)6-4-9/h3-6,8,13H,7H2,1-2H3. The zero-order chi connectivity index (χ0) is 11.4. The molecule has 1 aromatic carbocycles. The molecule has 1 N–H and O–H groups in total. The monoisotopic (exact) mass is 234 g/mol. The van der Waals surface area contributed by atoms with Crippen molar-refractivity contribution < 1.29 is 4.74 Å². The first-order valence-electron chi connectivity index (χ1n) is 5.07. The van der Waals surface area contributed by atoms with Gasteiger partial charge in [0.15, 0.2) is 0 Å². The van der Waals surface area contributed by atoms with E-state index in [1.54, 1.807) is 18.4 Å². The molecule has 0 bridgehead atoms. The van der Waals surface area contributed by atoms with Gasteiger partial charge in [-0.2, -0.15) is 0 Å². The predicted octanol–water partition coefficient (Wildman–Crippen LogP) is 2.54.